The maximum Gasteiger partial charge on any atom is 0.137 e. The lowest BCUT2D eigenvalue weighted by molar-refractivity contribution is 0.472. The summed E-state index contributed by atoms with van der Waals surface area (Å²) in [5, 5.41) is 6.88. The Morgan fingerprint density at radius 2 is 2.15 bits per heavy atom. The molecule has 1 unspecified atom stereocenters. The molecule has 2 aromatic heterocycles. The van der Waals surface area contributed by atoms with Crippen LogP contribution in [0, 0.1) is 6.92 Å². The zero-order chi connectivity index (χ0) is 13.9. The minimum absolute atomic E-state index is 0.154. The van der Waals surface area contributed by atoms with Crippen molar-refractivity contribution in [3.63, 3.8) is 0 Å². The Bertz CT molecular complexity index is 684. The SMILES string of the molecule is CCCNC(c1cc2cccc(C)c2o1)c1cccs1. The summed E-state index contributed by atoms with van der Waals surface area (Å²) in [6.45, 7) is 5.26. The molecule has 0 aliphatic carbocycles. The van der Waals surface area contributed by atoms with Crippen molar-refractivity contribution < 1.29 is 4.42 Å². The summed E-state index contributed by atoms with van der Waals surface area (Å²) in [4.78, 5) is 1.30. The second-order valence-corrected chi connectivity index (χ2v) is 6.02. The fourth-order valence-corrected chi connectivity index (χ4v) is 3.26. The van der Waals surface area contributed by atoms with Crippen molar-refractivity contribution in [2.24, 2.45) is 0 Å². The number of benzene rings is 1. The first-order chi connectivity index (χ1) is 9.79. The lowest BCUT2D eigenvalue weighted by atomic mass is 10.1. The number of furan rings is 1. The van der Waals surface area contributed by atoms with Crippen LogP contribution in [0.4, 0.5) is 0 Å². The molecule has 0 saturated heterocycles. The second kappa shape index (κ2) is 5.81. The first-order valence-corrected chi connectivity index (χ1v) is 7.93. The maximum atomic E-state index is 6.13. The van der Waals surface area contributed by atoms with Gasteiger partial charge in [-0.05, 0) is 43.0 Å². The molecule has 3 aromatic rings. The number of nitrogens with one attached hydrogen (secondary N) is 1. The van der Waals surface area contributed by atoms with Crippen LogP contribution in [0.15, 0.2) is 46.2 Å². The average Bonchev–Trinajstić information content (AvgIpc) is 3.09. The number of rotatable bonds is 5. The Morgan fingerprint density at radius 3 is 2.85 bits per heavy atom. The maximum absolute atomic E-state index is 6.13. The van der Waals surface area contributed by atoms with Crippen LogP contribution in [0.5, 0.6) is 0 Å². The van der Waals surface area contributed by atoms with E-state index >= 15 is 0 Å². The summed E-state index contributed by atoms with van der Waals surface area (Å²) in [5.74, 6) is 1.00. The van der Waals surface area contributed by atoms with Crippen molar-refractivity contribution in [3.05, 3.63) is 58.0 Å². The van der Waals surface area contributed by atoms with Gasteiger partial charge in [-0.2, -0.15) is 0 Å². The molecule has 0 amide bonds. The lowest BCUT2D eigenvalue weighted by Gasteiger charge is -2.14. The Balaban J connectivity index is 2.02. The van der Waals surface area contributed by atoms with Gasteiger partial charge in [-0.25, -0.2) is 0 Å². The molecule has 1 atom stereocenters. The van der Waals surface area contributed by atoms with Crippen LogP contribution in [-0.2, 0) is 0 Å². The van der Waals surface area contributed by atoms with Crippen LogP contribution in [0.3, 0.4) is 0 Å². The molecule has 1 aromatic carbocycles. The van der Waals surface area contributed by atoms with Crippen LogP contribution in [-0.4, -0.2) is 6.54 Å². The first kappa shape index (κ1) is 13.4. The largest absolute Gasteiger partial charge is 0.459 e. The van der Waals surface area contributed by atoms with Crippen LogP contribution in [0.2, 0.25) is 0 Å². The molecular weight excluding hydrogens is 266 g/mol. The summed E-state index contributed by atoms with van der Waals surface area (Å²) in [5.41, 5.74) is 2.19. The van der Waals surface area contributed by atoms with E-state index in [1.807, 2.05) is 0 Å². The second-order valence-electron chi connectivity index (χ2n) is 5.04. The Hall–Kier alpha value is -1.58. The van der Waals surface area contributed by atoms with E-state index < -0.39 is 0 Å². The Kier molecular flexibility index (Phi) is 3.90. The molecule has 3 rings (SSSR count). The van der Waals surface area contributed by atoms with Crippen LogP contribution in [0.25, 0.3) is 11.0 Å². The third-order valence-electron chi connectivity index (χ3n) is 3.47. The van der Waals surface area contributed by atoms with E-state index in [9.17, 15) is 0 Å². The molecule has 0 aliphatic heterocycles. The fourth-order valence-electron chi connectivity index (χ4n) is 2.46. The molecule has 0 fully saturated rings. The van der Waals surface area contributed by atoms with Crippen molar-refractivity contribution in [2.75, 3.05) is 6.54 Å². The van der Waals surface area contributed by atoms with Crippen LogP contribution < -0.4 is 5.32 Å². The molecule has 104 valence electrons. The Morgan fingerprint density at radius 1 is 1.25 bits per heavy atom. The highest BCUT2D eigenvalue weighted by atomic mass is 32.1. The molecular formula is C17H19NOS. The number of thiophene rings is 1. The van der Waals surface area contributed by atoms with Gasteiger partial charge in [0.05, 0.1) is 0 Å². The van der Waals surface area contributed by atoms with E-state index in [-0.39, 0.29) is 6.04 Å². The number of para-hydroxylation sites is 1. The summed E-state index contributed by atoms with van der Waals surface area (Å²) in [6, 6.07) is 12.9. The molecule has 2 nitrogen and oxygen atoms in total. The van der Waals surface area contributed by atoms with Gasteiger partial charge in [0, 0.05) is 10.3 Å². The van der Waals surface area contributed by atoms with Gasteiger partial charge in [0.15, 0.2) is 0 Å². The third kappa shape index (κ3) is 2.51. The van der Waals surface area contributed by atoms with Gasteiger partial charge in [0.25, 0.3) is 0 Å². The van der Waals surface area contributed by atoms with Crippen molar-refractivity contribution in [2.45, 2.75) is 26.3 Å². The molecule has 2 heterocycles. The zero-order valence-electron chi connectivity index (χ0n) is 11.8. The minimum atomic E-state index is 0.154. The van der Waals surface area contributed by atoms with Gasteiger partial charge in [-0.3, -0.25) is 0 Å². The minimum Gasteiger partial charge on any atom is -0.459 e. The van der Waals surface area contributed by atoms with E-state index in [4.69, 9.17) is 4.42 Å². The van der Waals surface area contributed by atoms with Gasteiger partial charge in [0.1, 0.15) is 17.4 Å². The summed E-state index contributed by atoms with van der Waals surface area (Å²) >= 11 is 1.77. The molecule has 0 bridgehead atoms. The summed E-state index contributed by atoms with van der Waals surface area (Å²) in [7, 11) is 0. The number of hydrogen-bond acceptors (Lipinski definition) is 3. The van der Waals surface area contributed by atoms with E-state index in [0.29, 0.717) is 0 Å². The topological polar surface area (TPSA) is 25.2 Å². The fraction of sp³-hybridized carbons (Fsp3) is 0.294. The van der Waals surface area contributed by atoms with Gasteiger partial charge in [-0.1, -0.05) is 31.2 Å². The van der Waals surface area contributed by atoms with Crippen LogP contribution >= 0.6 is 11.3 Å². The highest BCUT2D eigenvalue weighted by Crippen LogP contribution is 2.31. The van der Waals surface area contributed by atoms with Crippen molar-refractivity contribution >= 4 is 22.3 Å². The molecule has 0 saturated carbocycles. The van der Waals surface area contributed by atoms with Crippen molar-refractivity contribution in [1.82, 2.24) is 5.32 Å². The van der Waals surface area contributed by atoms with E-state index in [2.05, 4.69) is 60.9 Å². The number of fused-ring (bicyclic) bond motifs is 1. The van der Waals surface area contributed by atoms with E-state index in [1.54, 1.807) is 11.3 Å². The van der Waals surface area contributed by atoms with Gasteiger partial charge in [0.2, 0.25) is 0 Å². The molecule has 1 N–H and O–H groups in total. The number of hydrogen-bond donors (Lipinski definition) is 1. The monoisotopic (exact) mass is 285 g/mol. The van der Waals surface area contributed by atoms with Crippen LogP contribution in [0.1, 0.15) is 35.6 Å². The van der Waals surface area contributed by atoms with Gasteiger partial charge >= 0.3 is 0 Å². The number of aryl methyl sites for hydroxylation is 1. The predicted octanol–water partition coefficient (Wildman–Crippen LogP) is 4.89. The standard InChI is InChI=1S/C17H19NOS/c1-3-9-18-16(15-8-5-10-20-15)14-11-13-7-4-6-12(2)17(13)19-14/h4-8,10-11,16,18H,3,9H2,1-2H3. The smallest absolute Gasteiger partial charge is 0.137 e. The molecule has 0 aliphatic rings. The highest BCUT2D eigenvalue weighted by molar-refractivity contribution is 7.10. The van der Waals surface area contributed by atoms with Gasteiger partial charge in [-0.15, -0.1) is 11.3 Å². The Labute approximate surface area is 123 Å². The van der Waals surface area contributed by atoms with Crippen molar-refractivity contribution in [3.8, 4) is 0 Å². The molecule has 0 spiro atoms. The zero-order valence-corrected chi connectivity index (χ0v) is 12.7. The average molecular weight is 285 g/mol. The third-order valence-corrected chi connectivity index (χ3v) is 4.41. The van der Waals surface area contributed by atoms with Crippen molar-refractivity contribution in [1.29, 1.82) is 0 Å². The van der Waals surface area contributed by atoms with E-state index in [1.165, 1.54) is 15.8 Å². The van der Waals surface area contributed by atoms with Gasteiger partial charge < -0.3 is 9.73 Å². The summed E-state index contributed by atoms with van der Waals surface area (Å²) < 4.78 is 6.13. The quantitative estimate of drug-likeness (QED) is 0.722. The first-order valence-electron chi connectivity index (χ1n) is 7.05. The molecule has 20 heavy (non-hydrogen) atoms. The molecule has 3 heteroatoms. The van der Waals surface area contributed by atoms with E-state index in [0.717, 1.165) is 24.3 Å². The lowest BCUT2D eigenvalue weighted by Crippen LogP contribution is -2.21. The normalized spacial score (nSPS) is 12.9. The predicted molar refractivity (Wildman–Crippen MR) is 85.4 cm³/mol. The highest BCUT2D eigenvalue weighted by Gasteiger charge is 2.19. The molecule has 0 radical (unpaired) electrons. The summed E-state index contributed by atoms with van der Waals surface area (Å²) in [6.07, 6.45) is 1.11.